The molecular formula is C12H14BrNO2S. The Bertz CT molecular complexity index is 527. The third-order valence-electron chi connectivity index (χ3n) is 2.14. The van der Waals surface area contributed by atoms with E-state index >= 15 is 0 Å². The van der Waals surface area contributed by atoms with Gasteiger partial charge in [-0.2, -0.15) is 4.72 Å². The first kappa shape index (κ1) is 14.2. The van der Waals surface area contributed by atoms with E-state index in [1.165, 1.54) is 0 Å². The summed E-state index contributed by atoms with van der Waals surface area (Å²) in [5.74, 6) is 2.39. The number of hydrogen-bond donors (Lipinski definition) is 1. The highest BCUT2D eigenvalue weighted by molar-refractivity contribution is 9.08. The fourth-order valence-electron chi connectivity index (χ4n) is 1.18. The minimum absolute atomic E-state index is 0.213. The fraction of sp³-hybridized carbons (Fsp3) is 0.333. The van der Waals surface area contributed by atoms with Gasteiger partial charge >= 0.3 is 0 Å². The van der Waals surface area contributed by atoms with Crippen molar-refractivity contribution < 1.29 is 8.42 Å². The molecule has 0 saturated heterocycles. The lowest BCUT2D eigenvalue weighted by Crippen LogP contribution is -2.41. The van der Waals surface area contributed by atoms with Gasteiger partial charge in [0, 0.05) is 5.33 Å². The number of alkyl halides is 1. The molecule has 0 amide bonds. The first-order valence-corrected chi connectivity index (χ1v) is 7.58. The summed E-state index contributed by atoms with van der Waals surface area (Å²) in [6.45, 7) is 3.27. The van der Waals surface area contributed by atoms with Crippen molar-refractivity contribution in [2.75, 3.05) is 0 Å². The summed E-state index contributed by atoms with van der Waals surface area (Å²) in [5, 5.41) is 0.691. The Morgan fingerprint density at radius 2 is 1.88 bits per heavy atom. The molecule has 1 aromatic rings. The molecule has 0 spiro atoms. The Morgan fingerprint density at radius 1 is 1.35 bits per heavy atom. The average Bonchev–Trinajstić information content (AvgIpc) is 2.28. The first-order valence-electron chi connectivity index (χ1n) is 4.97. The van der Waals surface area contributed by atoms with Gasteiger partial charge in [-0.1, -0.05) is 34.0 Å². The highest BCUT2D eigenvalue weighted by Gasteiger charge is 2.23. The van der Waals surface area contributed by atoms with Crippen LogP contribution in [0.15, 0.2) is 29.2 Å². The molecule has 0 radical (unpaired) electrons. The summed E-state index contributed by atoms with van der Waals surface area (Å²) >= 11 is 3.30. The maximum absolute atomic E-state index is 12.0. The fourth-order valence-corrected chi connectivity index (χ4v) is 2.90. The van der Waals surface area contributed by atoms with Crippen molar-refractivity contribution in [1.82, 2.24) is 4.72 Å². The van der Waals surface area contributed by atoms with Gasteiger partial charge in [-0.05, 0) is 31.5 Å². The third-order valence-corrected chi connectivity index (χ3v) is 4.46. The maximum Gasteiger partial charge on any atom is 0.241 e. The summed E-state index contributed by atoms with van der Waals surface area (Å²) in [7, 11) is -3.56. The van der Waals surface area contributed by atoms with E-state index in [4.69, 9.17) is 6.42 Å². The van der Waals surface area contributed by atoms with Crippen LogP contribution in [0, 0.1) is 12.3 Å². The summed E-state index contributed by atoms with van der Waals surface area (Å²) in [4.78, 5) is 0.213. The summed E-state index contributed by atoms with van der Waals surface area (Å²) in [5.41, 5.74) is 0.118. The molecule has 0 aliphatic rings. The molecule has 0 aromatic heterocycles. The smallest absolute Gasteiger partial charge is 0.207 e. The minimum Gasteiger partial charge on any atom is -0.207 e. The van der Waals surface area contributed by atoms with Crippen LogP contribution in [0.4, 0.5) is 0 Å². The van der Waals surface area contributed by atoms with E-state index < -0.39 is 15.6 Å². The van der Waals surface area contributed by atoms with Crippen molar-refractivity contribution >= 4 is 26.0 Å². The van der Waals surface area contributed by atoms with E-state index in [2.05, 4.69) is 26.6 Å². The normalized spacial score (nSPS) is 12.1. The molecule has 1 N–H and O–H groups in total. The maximum atomic E-state index is 12.0. The van der Waals surface area contributed by atoms with Gasteiger partial charge in [0.1, 0.15) is 0 Å². The Balaban J connectivity index is 3.02. The van der Waals surface area contributed by atoms with Gasteiger partial charge in [0.15, 0.2) is 0 Å². The van der Waals surface area contributed by atoms with Crippen molar-refractivity contribution in [3.05, 3.63) is 29.8 Å². The van der Waals surface area contributed by atoms with E-state index in [1.54, 1.807) is 38.1 Å². The zero-order chi connectivity index (χ0) is 13.1. The standard InChI is InChI=1S/C12H14BrNO2S/c1-4-12(2,3)14-17(15,16)11-7-5-10(9-13)6-8-11/h1,5-8,14H,9H2,2-3H3. The van der Waals surface area contributed by atoms with Crippen LogP contribution in [0.25, 0.3) is 0 Å². The molecule has 17 heavy (non-hydrogen) atoms. The number of sulfonamides is 1. The van der Waals surface area contributed by atoms with Gasteiger partial charge in [-0.25, -0.2) is 8.42 Å². The van der Waals surface area contributed by atoms with Crippen molar-refractivity contribution in [1.29, 1.82) is 0 Å². The van der Waals surface area contributed by atoms with E-state index in [0.717, 1.165) is 5.56 Å². The lowest BCUT2D eigenvalue weighted by Gasteiger charge is -2.19. The van der Waals surface area contributed by atoms with Crippen LogP contribution < -0.4 is 4.72 Å². The van der Waals surface area contributed by atoms with Gasteiger partial charge in [0.25, 0.3) is 0 Å². The van der Waals surface area contributed by atoms with Crippen LogP contribution in [-0.4, -0.2) is 14.0 Å². The van der Waals surface area contributed by atoms with E-state index in [9.17, 15) is 8.42 Å². The molecule has 1 aromatic carbocycles. The van der Waals surface area contributed by atoms with Gasteiger partial charge < -0.3 is 0 Å². The largest absolute Gasteiger partial charge is 0.241 e. The second-order valence-electron chi connectivity index (χ2n) is 4.15. The second-order valence-corrected chi connectivity index (χ2v) is 6.40. The first-order chi connectivity index (χ1) is 7.80. The monoisotopic (exact) mass is 315 g/mol. The molecule has 0 saturated carbocycles. The molecule has 0 fully saturated rings. The number of terminal acetylenes is 1. The van der Waals surface area contributed by atoms with E-state index in [1.807, 2.05) is 0 Å². The van der Waals surface area contributed by atoms with Crippen molar-refractivity contribution in [2.45, 2.75) is 29.6 Å². The van der Waals surface area contributed by atoms with Gasteiger partial charge in [0.2, 0.25) is 10.0 Å². The number of benzene rings is 1. The summed E-state index contributed by atoms with van der Waals surface area (Å²) in [6, 6.07) is 6.63. The van der Waals surface area contributed by atoms with Crippen LogP contribution in [0.1, 0.15) is 19.4 Å². The van der Waals surface area contributed by atoms with Crippen LogP contribution in [-0.2, 0) is 15.4 Å². The molecule has 0 unspecified atom stereocenters. The predicted molar refractivity (Wildman–Crippen MR) is 72.3 cm³/mol. The number of halogens is 1. The lowest BCUT2D eigenvalue weighted by molar-refractivity contribution is 0.539. The van der Waals surface area contributed by atoms with E-state index in [0.29, 0.717) is 5.33 Å². The average molecular weight is 316 g/mol. The SMILES string of the molecule is C#CC(C)(C)NS(=O)(=O)c1ccc(CBr)cc1. The number of nitrogens with one attached hydrogen (secondary N) is 1. The molecule has 0 bridgehead atoms. The molecule has 1 rings (SSSR count). The molecule has 0 aliphatic heterocycles. The number of rotatable bonds is 4. The topological polar surface area (TPSA) is 46.2 Å². The molecule has 0 heterocycles. The molecule has 0 atom stereocenters. The van der Waals surface area contributed by atoms with Crippen LogP contribution in [0.5, 0.6) is 0 Å². The lowest BCUT2D eigenvalue weighted by atomic mass is 10.1. The Hall–Kier alpha value is -0.830. The van der Waals surface area contributed by atoms with Gasteiger partial charge in [-0.15, -0.1) is 6.42 Å². The number of hydrogen-bond acceptors (Lipinski definition) is 2. The van der Waals surface area contributed by atoms with E-state index in [-0.39, 0.29) is 4.90 Å². The quantitative estimate of drug-likeness (QED) is 0.684. The van der Waals surface area contributed by atoms with Crippen LogP contribution in [0.3, 0.4) is 0 Å². The van der Waals surface area contributed by atoms with Crippen LogP contribution in [0.2, 0.25) is 0 Å². The highest BCUT2D eigenvalue weighted by atomic mass is 79.9. The molecule has 0 aliphatic carbocycles. The summed E-state index contributed by atoms with van der Waals surface area (Å²) in [6.07, 6.45) is 5.25. The highest BCUT2D eigenvalue weighted by Crippen LogP contribution is 2.14. The zero-order valence-corrected chi connectivity index (χ0v) is 12.1. The van der Waals surface area contributed by atoms with Crippen molar-refractivity contribution in [2.24, 2.45) is 0 Å². The van der Waals surface area contributed by atoms with Crippen LogP contribution >= 0.6 is 15.9 Å². The predicted octanol–water partition coefficient (Wildman–Crippen LogP) is 2.27. The minimum atomic E-state index is -3.56. The van der Waals surface area contributed by atoms with Crippen molar-refractivity contribution in [3.63, 3.8) is 0 Å². The van der Waals surface area contributed by atoms with Gasteiger partial charge in [-0.3, -0.25) is 0 Å². The molecule has 3 nitrogen and oxygen atoms in total. The zero-order valence-electron chi connectivity index (χ0n) is 9.70. The third kappa shape index (κ3) is 3.84. The van der Waals surface area contributed by atoms with Gasteiger partial charge in [0.05, 0.1) is 10.4 Å². The summed E-state index contributed by atoms with van der Waals surface area (Å²) < 4.78 is 26.4. The Labute approximate surface area is 111 Å². The molecular weight excluding hydrogens is 302 g/mol. The Kier molecular flexibility index (Phi) is 4.36. The van der Waals surface area contributed by atoms with Crippen molar-refractivity contribution in [3.8, 4) is 12.3 Å². The second kappa shape index (κ2) is 5.21. The Morgan fingerprint density at radius 3 is 2.29 bits per heavy atom. The molecule has 5 heteroatoms. The molecule has 92 valence electrons.